The number of carbonyl (C=O) groups is 3. The number of imide groups is 1. The van der Waals surface area contributed by atoms with Crippen LogP contribution in [-0.4, -0.2) is 43.4 Å². The first-order chi connectivity index (χ1) is 15.0. The fourth-order valence-corrected chi connectivity index (χ4v) is 4.09. The number of nitrogens with one attached hydrogen (secondary N) is 2. The smallest absolute Gasteiger partial charge is 0.344 e. The predicted molar refractivity (Wildman–Crippen MR) is 111 cm³/mol. The maximum absolute atomic E-state index is 13.1. The number of hydrogen-bond acceptors (Lipinski definition) is 7. The normalized spacial score (nSPS) is 18.3. The molecular formula is C20H20N6O4S. The lowest BCUT2D eigenvalue weighted by Gasteiger charge is -2.25. The molecule has 4 amide bonds. The van der Waals surface area contributed by atoms with E-state index >= 15 is 0 Å². The molecule has 1 fully saturated rings. The van der Waals surface area contributed by atoms with Gasteiger partial charge in [-0.1, -0.05) is 49.0 Å². The molecule has 0 saturated carbocycles. The number of furan rings is 1. The number of benzene rings is 1. The van der Waals surface area contributed by atoms with Crippen LogP contribution in [0.4, 0.5) is 4.79 Å². The minimum absolute atomic E-state index is 0.0638. The van der Waals surface area contributed by atoms with Gasteiger partial charge >= 0.3 is 6.03 Å². The minimum atomic E-state index is -1.21. The van der Waals surface area contributed by atoms with Crippen molar-refractivity contribution in [2.45, 2.75) is 24.0 Å². The molecule has 160 valence electrons. The summed E-state index contributed by atoms with van der Waals surface area (Å²) in [6, 6.07) is 11.8. The van der Waals surface area contributed by atoms with Crippen LogP contribution in [0.25, 0.3) is 11.6 Å². The van der Waals surface area contributed by atoms with Crippen molar-refractivity contribution in [3.63, 3.8) is 0 Å². The lowest BCUT2D eigenvalue weighted by Crippen LogP contribution is -2.49. The second-order valence-electron chi connectivity index (χ2n) is 6.86. The van der Waals surface area contributed by atoms with E-state index in [4.69, 9.17) is 4.42 Å². The fraction of sp³-hybridized carbons (Fsp3) is 0.250. The molecule has 1 aliphatic rings. The molecule has 10 nitrogen and oxygen atoms in total. The van der Waals surface area contributed by atoms with Gasteiger partial charge in [-0.15, -0.1) is 10.2 Å². The van der Waals surface area contributed by atoms with E-state index < -0.39 is 23.4 Å². The van der Waals surface area contributed by atoms with Crippen LogP contribution in [0, 0.1) is 0 Å². The lowest BCUT2D eigenvalue weighted by molar-refractivity contribution is -0.138. The highest BCUT2D eigenvalue weighted by Gasteiger charge is 2.52. The largest absolute Gasteiger partial charge is 0.461 e. The topological polar surface area (TPSA) is 122 Å². The van der Waals surface area contributed by atoms with Gasteiger partial charge in [0.05, 0.1) is 12.0 Å². The first-order valence-electron chi connectivity index (χ1n) is 9.54. The van der Waals surface area contributed by atoms with E-state index in [1.165, 1.54) is 6.26 Å². The highest BCUT2D eigenvalue weighted by atomic mass is 32.2. The first-order valence-corrected chi connectivity index (χ1v) is 10.5. The maximum atomic E-state index is 13.1. The minimum Gasteiger partial charge on any atom is -0.461 e. The SMILES string of the molecule is CCC1(c2ccccc2)NC(=O)N(NC(=O)CSc2nnc(-c3ccco3)n2C)C1=O. The molecule has 1 unspecified atom stereocenters. The molecular weight excluding hydrogens is 420 g/mol. The van der Waals surface area contributed by atoms with Crippen molar-refractivity contribution in [1.82, 2.24) is 30.5 Å². The summed E-state index contributed by atoms with van der Waals surface area (Å²) in [6.45, 7) is 1.80. The highest BCUT2D eigenvalue weighted by Crippen LogP contribution is 2.31. The molecule has 0 radical (unpaired) electrons. The van der Waals surface area contributed by atoms with Crippen LogP contribution in [-0.2, 0) is 22.2 Å². The van der Waals surface area contributed by atoms with E-state index in [2.05, 4.69) is 20.9 Å². The summed E-state index contributed by atoms with van der Waals surface area (Å²) in [5.41, 5.74) is 1.85. The van der Waals surface area contributed by atoms with E-state index in [1.54, 1.807) is 54.9 Å². The Labute approximate surface area is 182 Å². The van der Waals surface area contributed by atoms with Gasteiger partial charge in [0.25, 0.3) is 5.91 Å². The average Bonchev–Trinajstić information content (AvgIpc) is 3.49. The predicted octanol–water partition coefficient (Wildman–Crippen LogP) is 2.06. The molecule has 0 bridgehead atoms. The van der Waals surface area contributed by atoms with Gasteiger partial charge in [0, 0.05) is 7.05 Å². The molecule has 2 N–H and O–H groups in total. The van der Waals surface area contributed by atoms with Crippen molar-refractivity contribution in [3.05, 3.63) is 54.3 Å². The molecule has 3 heterocycles. The molecule has 1 aromatic carbocycles. The Balaban J connectivity index is 1.42. The van der Waals surface area contributed by atoms with E-state index in [0.717, 1.165) is 16.8 Å². The van der Waals surface area contributed by atoms with Gasteiger partial charge in [-0.3, -0.25) is 15.0 Å². The van der Waals surface area contributed by atoms with Gasteiger partial charge in [0.2, 0.25) is 5.91 Å². The summed E-state index contributed by atoms with van der Waals surface area (Å²) in [5.74, 6) is -0.0227. The molecule has 2 aromatic heterocycles. The quantitative estimate of drug-likeness (QED) is 0.426. The third kappa shape index (κ3) is 3.67. The number of rotatable bonds is 7. The van der Waals surface area contributed by atoms with Gasteiger partial charge in [0.15, 0.2) is 16.7 Å². The van der Waals surface area contributed by atoms with Crippen LogP contribution >= 0.6 is 11.8 Å². The Morgan fingerprint density at radius 2 is 1.97 bits per heavy atom. The van der Waals surface area contributed by atoms with Crippen LogP contribution < -0.4 is 10.7 Å². The van der Waals surface area contributed by atoms with Gasteiger partial charge in [-0.25, -0.2) is 4.79 Å². The van der Waals surface area contributed by atoms with Gasteiger partial charge < -0.3 is 14.3 Å². The zero-order chi connectivity index (χ0) is 22.0. The van der Waals surface area contributed by atoms with Crippen molar-refractivity contribution in [2.24, 2.45) is 7.05 Å². The standard InChI is InChI=1S/C20H20N6O4S/c1-3-20(13-8-5-4-6-9-13)17(28)26(18(29)21-20)24-15(27)12-31-19-23-22-16(25(19)2)14-10-7-11-30-14/h4-11H,3,12H2,1-2H3,(H,21,29)(H,24,27). The number of carbonyl (C=O) groups excluding carboxylic acids is 3. The van der Waals surface area contributed by atoms with Crippen molar-refractivity contribution < 1.29 is 18.8 Å². The molecule has 31 heavy (non-hydrogen) atoms. The molecule has 1 atom stereocenters. The average molecular weight is 440 g/mol. The van der Waals surface area contributed by atoms with Crippen molar-refractivity contribution >= 4 is 29.6 Å². The van der Waals surface area contributed by atoms with Crippen LogP contribution in [0.1, 0.15) is 18.9 Å². The Kier molecular flexibility index (Phi) is 5.51. The van der Waals surface area contributed by atoms with Gasteiger partial charge in [0.1, 0.15) is 5.54 Å². The Morgan fingerprint density at radius 3 is 2.65 bits per heavy atom. The Morgan fingerprint density at radius 1 is 1.19 bits per heavy atom. The molecule has 4 rings (SSSR count). The highest BCUT2D eigenvalue weighted by molar-refractivity contribution is 7.99. The van der Waals surface area contributed by atoms with E-state index in [0.29, 0.717) is 28.7 Å². The van der Waals surface area contributed by atoms with Crippen LogP contribution in [0.2, 0.25) is 0 Å². The lowest BCUT2D eigenvalue weighted by atomic mass is 9.87. The number of aromatic nitrogens is 3. The number of nitrogens with zero attached hydrogens (tertiary/aromatic N) is 4. The molecule has 0 aliphatic carbocycles. The van der Waals surface area contributed by atoms with Crippen LogP contribution in [0.3, 0.4) is 0 Å². The zero-order valence-corrected chi connectivity index (χ0v) is 17.7. The second-order valence-corrected chi connectivity index (χ2v) is 7.80. The summed E-state index contributed by atoms with van der Waals surface area (Å²) < 4.78 is 7.01. The molecule has 1 saturated heterocycles. The summed E-state index contributed by atoms with van der Waals surface area (Å²) in [5, 5.41) is 12.1. The Bertz CT molecular complexity index is 1110. The third-order valence-corrected chi connectivity index (χ3v) is 6.05. The third-order valence-electron chi connectivity index (χ3n) is 5.03. The maximum Gasteiger partial charge on any atom is 0.344 e. The number of thioether (sulfide) groups is 1. The van der Waals surface area contributed by atoms with Crippen LogP contribution in [0.15, 0.2) is 58.3 Å². The van der Waals surface area contributed by atoms with Crippen molar-refractivity contribution in [3.8, 4) is 11.6 Å². The number of hydrazine groups is 1. The first kappa shape index (κ1) is 20.7. The van der Waals surface area contributed by atoms with E-state index in [-0.39, 0.29) is 5.75 Å². The number of amides is 4. The summed E-state index contributed by atoms with van der Waals surface area (Å²) in [6.07, 6.45) is 1.88. The zero-order valence-electron chi connectivity index (χ0n) is 16.9. The number of urea groups is 1. The molecule has 0 spiro atoms. The van der Waals surface area contributed by atoms with E-state index in [9.17, 15) is 14.4 Å². The van der Waals surface area contributed by atoms with Gasteiger partial charge in [-0.2, -0.15) is 5.01 Å². The fourth-order valence-electron chi connectivity index (χ4n) is 3.39. The summed E-state index contributed by atoms with van der Waals surface area (Å²) in [4.78, 5) is 38.0. The Hall–Kier alpha value is -3.60. The van der Waals surface area contributed by atoms with Gasteiger partial charge in [-0.05, 0) is 24.1 Å². The molecule has 1 aliphatic heterocycles. The summed E-state index contributed by atoms with van der Waals surface area (Å²) >= 11 is 1.13. The summed E-state index contributed by atoms with van der Waals surface area (Å²) in [7, 11) is 1.75. The van der Waals surface area contributed by atoms with Crippen molar-refractivity contribution in [1.29, 1.82) is 0 Å². The monoisotopic (exact) mass is 440 g/mol. The second kappa shape index (κ2) is 8.26. The number of hydrogen-bond donors (Lipinski definition) is 2. The molecule has 3 aromatic rings. The van der Waals surface area contributed by atoms with E-state index in [1.807, 2.05) is 6.07 Å². The molecule has 11 heteroatoms. The van der Waals surface area contributed by atoms with Crippen molar-refractivity contribution in [2.75, 3.05) is 5.75 Å². The van der Waals surface area contributed by atoms with Crippen LogP contribution in [0.5, 0.6) is 0 Å².